The lowest BCUT2D eigenvalue weighted by atomic mass is 10.0. The molecular formula is C22H28F2N4O5S2. The van der Waals surface area contributed by atoms with Gasteiger partial charge < -0.3 is 14.2 Å². The van der Waals surface area contributed by atoms with Crippen molar-refractivity contribution in [1.29, 1.82) is 0 Å². The first kappa shape index (κ1) is 26.0. The summed E-state index contributed by atoms with van der Waals surface area (Å²) in [5, 5.41) is 0.132. The molecule has 2 fully saturated rings. The third-order valence-electron chi connectivity index (χ3n) is 5.61. The molecule has 4 rings (SSSR count). The molecule has 1 aromatic carbocycles. The fraction of sp³-hybridized carbons (Fsp3) is 0.545. The fourth-order valence-corrected chi connectivity index (χ4v) is 5.53. The molecule has 0 unspecified atom stereocenters. The van der Waals surface area contributed by atoms with Crippen LogP contribution in [0.3, 0.4) is 0 Å². The average molecular weight is 531 g/mol. The van der Waals surface area contributed by atoms with E-state index in [4.69, 9.17) is 14.2 Å². The zero-order chi connectivity index (χ0) is 25.4. The van der Waals surface area contributed by atoms with E-state index in [2.05, 4.69) is 14.7 Å². The Labute approximate surface area is 207 Å². The van der Waals surface area contributed by atoms with E-state index < -0.39 is 39.3 Å². The maximum Gasteiger partial charge on any atom is 0.302 e. The minimum atomic E-state index is -3.79. The predicted octanol–water partition coefficient (Wildman–Crippen LogP) is 3.72. The molecule has 2 aliphatic heterocycles. The highest BCUT2D eigenvalue weighted by atomic mass is 32.2. The second kappa shape index (κ2) is 9.77. The summed E-state index contributed by atoms with van der Waals surface area (Å²) in [7, 11) is -3.79. The number of ether oxygens (including phenoxy) is 3. The van der Waals surface area contributed by atoms with E-state index >= 15 is 0 Å². The van der Waals surface area contributed by atoms with E-state index in [1.165, 1.54) is 22.5 Å². The van der Waals surface area contributed by atoms with Crippen molar-refractivity contribution in [2.45, 2.75) is 62.5 Å². The third kappa shape index (κ3) is 6.20. The normalized spacial score (nSPS) is 20.5. The van der Waals surface area contributed by atoms with Crippen molar-refractivity contribution in [2.24, 2.45) is 0 Å². The summed E-state index contributed by atoms with van der Waals surface area (Å²) in [5.41, 5.74) is -0.751. The summed E-state index contributed by atoms with van der Waals surface area (Å²) in [6.07, 6.45) is 0.374. The standard InChI is InChI=1S/C22H28F2N4O5S2/c1-21(2,16-12-31-22(3,4)32-16)33-18-11-17(27-35(29,30)28-9-6-10-28)25-20(26-18)34-13-14-7-5-8-15(23)19(14)24/h5,7-8,11,16H,6,9-10,12-13H2,1-4H3,(H,25,26,27)/t16-/m0/s1. The topological polar surface area (TPSA) is 103 Å². The highest BCUT2D eigenvalue weighted by molar-refractivity contribution is 7.98. The summed E-state index contributed by atoms with van der Waals surface area (Å²) >= 11 is 1.02. The molecule has 192 valence electrons. The Morgan fingerprint density at radius 1 is 1.29 bits per heavy atom. The van der Waals surface area contributed by atoms with Crippen LogP contribution in [0.2, 0.25) is 0 Å². The second-order valence-electron chi connectivity index (χ2n) is 9.26. The molecule has 0 spiro atoms. The molecule has 1 atom stereocenters. The van der Waals surface area contributed by atoms with E-state index in [0.717, 1.165) is 24.2 Å². The summed E-state index contributed by atoms with van der Waals surface area (Å²) in [6.45, 7) is 8.37. The maximum absolute atomic E-state index is 14.1. The SMILES string of the molecule is CC1(C)OC[C@@H](C(C)(C)Oc2cc(NS(=O)(=O)N3CCC3)nc(SCc3cccc(F)c3F)n2)O1. The lowest BCUT2D eigenvalue weighted by molar-refractivity contribution is -0.159. The van der Waals surface area contributed by atoms with Gasteiger partial charge in [-0.1, -0.05) is 23.9 Å². The van der Waals surface area contributed by atoms with Crippen molar-refractivity contribution in [1.82, 2.24) is 14.3 Å². The number of thioether (sulfide) groups is 1. The zero-order valence-electron chi connectivity index (χ0n) is 19.9. The number of halogens is 2. The smallest absolute Gasteiger partial charge is 0.302 e. The Morgan fingerprint density at radius 3 is 2.66 bits per heavy atom. The molecule has 2 saturated heterocycles. The van der Waals surface area contributed by atoms with Crippen molar-refractivity contribution in [3.8, 4) is 5.88 Å². The lowest BCUT2D eigenvalue weighted by Crippen LogP contribution is -2.45. The van der Waals surface area contributed by atoms with Crippen LogP contribution in [0, 0.1) is 11.6 Å². The number of nitrogens with zero attached hydrogens (tertiary/aromatic N) is 3. The van der Waals surface area contributed by atoms with E-state index in [1.807, 2.05) is 13.8 Å². The minimum Gasteiger partial charge on any atom is -0.469 e. The zero-order valence-corrected chi connectivity index (χ0v) is 21.5. The highest BCUT2D eigenvalue weighted by Crippen LogP contribution is 2.33. The summed E-state index contributed by atoms with van der Waals surface area (Å²) in [5.74, 6) is -2.53. The highest BCUT2D eigenvalue weighted by Gasteiger charge is 2.43. The number of rotatable bonds is 9. The van der Waals surface area contributed by atoms with Gasteiger partial charge in [0.1, 0.15) is 17.5 Å². The van der Waals surface area contributed by atoms with Crippen molar-refractivity contribution >= 4 is 27.8 Å². The van der Waals surface area contributed by atoms with Crippen molar-refractivity contribution in [3.63, 3.8) is 0 Å². The van der Waals surface area contributed by atoms with E-state index in [-0.39, 0.29) is 28.2 Å². The Hall–Kier alpha value is -2.06. The Bertz CT molecular complexity index is 1190. The number of aromatic nitrogens is 2. The molecule has 0 aliphatic carbocycles. The first-order valence-corrected chi connectivity index (χ1v) is 13.5. The second-order valence-corrected chi connectivity index (χ2v) is 11.9. The van der Waals surface area contributed by atoms with Crippen molar-refractivity contribution in [2.75, 3.05) is 24.4 Å². The largest absolute Gasteiger partial charge is 0.469 e. The van der Waals surface area contributed by atoms with Gasteiger partial charge in [0.25, 0.3) is 0 Å². The van der Waals surface area contributed by atoms with Crippen LogP contribution in [0.5, 0.6) is 5.88 Å². The molecule has 0 amide bonds. The van der Waals surface area contributed by atoms with Crippen LogP contribution in [0.25, 0.3) is 0 Å². The van der Waals surface area contributed by atoms with Crippen LogP contribution < -0.4 is 9.46 Å². The van der Waals surface area contributed by atoms with Gasteiger partial charge in [-0.25, -0.2) is 13.8 Å². The molecule has 3 heterocycles. The lowest BCUT2D eigenvalue weighted by Gasteiger charge is -2.32. The minimum absolute atomic E-state index is 0.00355. The molecule has 0 saturated carbocycles. The number of nitrogens with one attached hydrogen (secondary N) is 1. The summed E-state index contributed by atoms with van der Waals surface area (Å²) in [6, 6.07) is 5.29. The van der Waals surface area contributed by atoms with Gasteiger partial charge in [-0.05, 0) is 40.2 Å². The molecule has 0 radical (unpaired) electrons. The van der Waals surface area contributed by atoms with Gasteiger partial charge in [0.15, 0.2) is 22.6 Å². The number of hydrogen-bond donors (Lipinski definition) is 1. The Balaban J connectivity index is 1.58. The summed E-state index contributed by atoms with van der Waals surface area (Å²) in [4.78, 5) is 8.63. The van der Waals surface area contributed by atoms with E-state index in [9.17, 15) is 17.2 Å². The molecular weight excluding hydrogens is 502 g/mol. The summed E-state index contributed by atoms with van der Waals surface area (Å²) < 4.78 is 74.3. The molecule has 1 N–H and O–H groups in total. The molecule has 1 aromatic heterocycles. The Kier molecular flexibility index (Phi) is 7.26. The number of anilines is 1. The maximum atomic E-state index is 14.1. The molecule has 9 nitrogen and oxygen atoms in total. The molecule has 2 aromatic rings. The molecule has 2 aliphatic rings. The quantitative estimate of drug-likeness (QED) is 0.387. The van der Waals surface area contributed by atoms with Crippen molar-refractivity contribution < 1.29 is 31.4 Å². The van der Waals surface area contributed by atoms with E-state index in [1.54, 1.807) is 13.8 Å². The van der Waals surface area contributed by atoms with Crippen LogP contribution in [0.4, 0.5) is 14.6 Å². The van der Waals surface area contributed by atoms with Crippen LogP contribution >= 0.6 is 11.8 Å². The molecule has 0 bridgehead atoms. The van der Waals surface area contributed by atoms with Crippen LogP contribution in [0.15, 0.2) is 29.4 Å². The average Bonchev–Trinajstić information content (AvgIpc) is 3.07. The molecule has 13 heteroatoms. The monoisotopic (exact) mass is 530 g/mol. The number of benzene rings is 1. The van der Waals surface area contributed by atoms with Gasteiger partial charge in [-0.2, -0.15) is 17.7 Å². The van der Waals surface area contributed by atoms with Gasteiger partial charge in [0, 0.05) is 30.5 Å². The first-order chi connectivity index (χ1) is 16.3. The molecule has 35 heavy (non-hydrogen) atoms. The first-order valence-electron chi connectivity index (χ1n) is 11.1. The van der Waals surface area contributed by atoms with Crippen molar-refractivity contribution in [3.05, 3.63) is 41.5 Å². The Morgan fingerprint density at radius 2 is 2.03 bits per heavy atom. The predicted molar refractivity (Wildman–Crippen MR) is 126 cm³/mol. The van der Waals surface area contributed by atoms with Crippen LogP contribution in [-0.4, -0.2) is 59.9 Å². The van der Waals surface area contributed by atoms with Gasteiger partial charge in [0.05, 0.1) is 6.61 Å². The van der Waals surface area contributed by atoms with Crippen LogP contribution in [0.1, 0.15) is 39.7 Å². The third-order valence-corrected chi connectivity index (χ3v) is 8.02. The van der Waals surface area contributed by atoms with E-state index in [0.29, 0.717) is 19.7 Å². The van der Waals surface area contributed by atoms with Gasteiger partial charge in [-0.15, -0.1) is 0 Å². The fourth-order valence-electron chi connectivity index (χ4n) is 3.46. The van der Waals surface area contributed by atoms with Gasteiger partial charge >= 0.3 is 10.2 Å². The van der Waals surface area contributed by atoms with Crippen LogP contribution in [-0.2, 0) is 25.4 Å². The van der Waals surface area contributed by atoms with Gasteiger partial charge in [0.2, 0.25) is 5.88 Å². The van der Waals surface area contributed by atoms with Gasteiger partial charge in [-0.3, -0.25) is 4.72 Å². The number of hydrogen-bond acceptors (Lipinski definition) is 8.